The molecular formula is C24H23ClN4O. The molecule has 0 unspecified atom stereocenters. The summed E-state index contributed by atoms with van der Waals surface area (Å²) in [6, 6.07) is 13.9. The van der Waals surface area contributed by atoms with Crippen molar-refractivity contribution in [3.05, 3.63) is 82.5 Å². The van der Waals surface area contributed by atoms with Gasteiger partial charge in [-0.25, -0.2) is 9.97 Å². The van der Waals surface area contributed by atoms with Crippen LogP contribution in [-0.4, -0.2) is 19.5 Å². The van der Waals surface area contributed by atoms with E-state index >= 15 is 0 Å². The Balaban J connectivity index is 1.60. The first-order valence-electron chi connectivity index (χ1n) is 9.73. The molecule has 3 heterocycles. The fourth-order valence-electron chi connectivity index (χ4n) is 3.51. The van der Waals surface area contributed by atoms with Crippen molar-refractivity contribution >= 4 is 11.6 Å². The van der Waals surface area contributed by atoms with E-state index in [1.165, 1.54) is 0 Å². The molecule has 0 saturated heterocycles. The molecule has 4 aromatic rings. The molecule has 4 rings (SSSR count). The normalized spacial score (nSPS) is 11.0. The molecule has 30 heavy (non-hydrogen) atoms. The van der Waals surface area contributed by atoms with Gasteiger partial charge in [0.1, 0.15) is 23.3 Å². The van der Waals surface area contributed by atoms with Gasteiger partial charge in [0, 0.05) is 30.6 Å². The van der Waals surface area contributed by atoms with Gasteiger partial charge in [0.2, 0.25) is 0 Å². The lowest BCUT2D eigenvalue weighted by Gasteiger charge is -2.12. The van der Waals surface area contributed by atoms with E-state index in [1.807, 2.05) is 51.4 Å². The Morgan fingerprint density at radius 2 is 1.80 bits per heavy atom. The Morgan fingerprint density at radius 3 is 2.47 bits per heavy atom. The van der Waals surface area contributed by atoms with Crippen LogP contribution in [0.2, 0.25) is 5.15 Å². The number of rotatable bonds is 5. The standard InChI is InChI=1S/C24H23ClN4O/c1-15-5-7-19(26-12-15)14-30-20-8-9-21(16(2)11-20)23-17(3)28-24(29(23)4)18-6-10-22(25)27-13-18/h5-13H,14H2,1-4H3. The molecule has 0 N–H and O–H groups in total. The van der Waals surface area contributed by atoms with E-state index in [4.69, 9.17) is 21.3 Å². The zero-order valence-electron chi connectivity index (χ0n) is 17.5. The summed E-state index contributed by atoms with van der Waals surface area (Å²) in [6.45, 7) is 6.57. The predicted octanol–water partition coefficient (Wildman–Crippen LogP) is 5.70. The Kier molecular flexibility index (Phi) is 5.55. The van der Waals surface area contributed by atoms with Gasteiger partial charge in [0.15, 0.2) is 0 Å². The molecule has 0 spiro atoms. The fourth-order valence-corrected chi connectivity index (χ4v) is 3.62. The smallest absolute Gasteiger partial charge is 0.142 e. The lowest BCUT2D eigenvalue weighted by molar-refractivity contribution is 0.301. The van der Waals surface area contributed by atoms with Gasteiger partial charge in [-0.3, -0.25) is 4.98 Å². The van der Waals surface area contributed by atoms with Gasteiger partial charge in [0.05, 0.1) is 17.1 Å². The number of hydrogen-bond acceptors (Lipinski definition) is 4. The molecule has 0 aliphatic rings. The van der Waals surface area contributed by atoms with E-state index in [9.17, 15) is 0 Å². The molecule has 152 valence electrons. The van der Waals surface area contributed by atoms with Gasteiger partial charge in [-0.1, -0.05) is 17.7 Å². The zero-order chi connectivity index (χ0) is 21.3. The number of aryl methyl sites for hydroxylation is 3. The van der Waals surface area contributed by atoms with Crippen LogP contribution in [0.1, 0.15) is 22.5 Å². The molecule has 6 heteroatoms. The van der Waals surface area contributed by atoms with Gasteiger partial charge in [-0.15, -0.1) is 0 Å². The molecule has 1 aromatic carbocycles. The number of ether oxygens (including phenoxy) is 1. The highest BCUT2D eigenvalue weighted by molar-refractivity contribution is 6.29. The third-order valence-electron chi connectivity index (χ3n) is 5.07. The second kappa shape index (κ2) is 8.28. The molecule has 0 aliphatic heterocycles. The largest absolute Gasteiger partial charge is 0.487 e. The molecule has 0 saturated carbocycles. The van der Waals surface area contributed by atoms with Gasteiger partial charge in [-0.2, -0.15) is 0 Å². The Labute approximate surface area is 181 Å². The number of halogens is 1. The van der Waals surface area contributed by atoms with Crippen LogP contribution in [0.15, 0.2) is 54.9 Å². The molecule has 0 aliphatic carbocycles. The van der Waals surface area contributed by atoms with Gasteiger partial charge in [-0.05, 0) is 68.3 Å². The van der Waals surface area contributed by atoms with E-state index < -0.39 is 0 Å². The van der Waals surface area contributed by atoms with Crippen LogP contribution in [0.5, 0.6) is 5.75 Å². The van der Waals surface area contributed by atoms with Crippen molar-refractivity contribution in [1.82, 2.24) is 19.5 Å². The number of benzene rings is 1. The summed E-state index contributed by atoms with van der Waals surface area (Å²) < 4.78 is 8.04. The number of aromatic nitrogens is 4. The zero-order valence-corrected chi connectivity index (χ0v) is 18.2. The van der Waals surface area contributed by atoms with Crippen molar-refractivity contribution in [3.63, 3.8) is 0 Å². The van der Waals surface area contributed by atoms with Crippen LogP contribution in [0.25, 0.3) is 22.6 Å². The number of hydrogen-bond donors (Lipinski definition) is 0. The summed E-state index contributed by atoms with van der Waals surface area (Å²) in [7, 11) is 2.02. The summed E-state index contributed by atoms with van der Waals surface area (Å²) in [6.07, 6.45) is 3.60. The summed E-state index contributed by atoms with van der Waals surface area (Å²) in [5.41, 5.74) is 7.25. The third kappa shape index (κ3) is 4.07. The maximum absolute atomic E-state index is 5.94. The second-order valence-electron chi connectivity index (χ2n) is 7.39. The van der Waals surface area contributed by atoms with Crippen molar-refractivity contribution in [2.24, 2.45) is 7.05 Å². The van der Waals surface area contributed by atoms with Crippen LogP contribution in [0.4, 0.5) is 0 Å². The minimum Gasteiger partial charge on any atom is -0.487 e. The van der Waals surface area contributed by atoms with Crippen molar-refractivity contribution in [2.75, 3.05) is 0 Å². The van der Waals surface area contributed by atoms with Gasteiger partial charge in [0.25, 0.3) is 0 Å². The van der Waals surface area contributed by atoms with Gasteiger partial charge >= 0.3 is 0 Å². The minimum absolute atomic E-state index is 0.442. The highest BCUT2D eigenvalue weighted by atomic mass is 35.5. The first-order chi connectivity index (χ1) is 14.4. The average molecular weight is 419 g/mol. The maximum atomic E-state index is 5.94. The van der Waals surface area contributed by atoms with Crippen molar-refractivity contribution in [2.45, 2.75) is 27.4 Å². The maximum Gasteiger partial charge on any atom is 0.142 e. The molecule has 0 bridgehead atoms. The van der Waals surface area contributed by atoms with E-state index in [-0.39, 0.29) is 0 Å². The van der Waals surface area contributed by atoms with Crippen molar-refractivity contribution in [3.8, 4) is 28.4 Å². The highest BCUT2D eigenvalue weighted by Gasteiger charge is 2.17. The third-order valence-corrected chi connectivity index (χ3v) is 5.29. The fraction of sp³-hybridized carbons (Fsp3) is 0.208. The Bertz CT molecular complexity index is 1180. The lowest BCUT2D eigenvalue weighted by atomic mass is 10.0. The van der Waals surface area contributed by atoms with Gasteiger partial charge < -0.3 is 9.30 Å². The first kappa shape index (κ1) is 20.1. The molecule has 3 aromatic heterocycles. The Morgan fingerprint density at radius 1 is 0.967 bits per heavy atom. The van der Waals surface area contributed by atoms with Crippen LogP contribution in [-0.2, 0) is 13.7 Å². The molecule has 0 fully saturated rings. The average Bonchev–Trinajstić information content (AvgIpc) is 3.02. The second-order valence-corrected chi connectivity index (χ2v) is 7.78. The summed E-state index contributed by atoms with van der Waals surface area (Å²) in [4.78, 5) is 13.3. The SMILES string of the molecule is Cc1ccc(COc2ccc(-c3c(C)nc(-c4ccc(Cl)nc4)n3C)c(C)c2)nc1. The van der Waals surface area contributed by atoms with Crippen LogP contribution in [0, 0.1) is 20.8 Å². The van der Waals surface area contributed by atoms with E-state index in [0.717, 1.165) is 50.9 Å². The number of nitrogens with zero attached hydrogens (tertiary/aromatic N) is 4. The minimum atomic E-state index is 0.442. The summed E-state index contributed by atoms with van der Waals surface area (Å²) in [5, 5.41) is 0.470. The van der Waals surface area contributed by atoms with Crippen molar-refractivity contribution < 1.29 is 4.74 Å². The topological polar surface area (TPSA) is 52.8 Å². The lowest BCUT2D eigenvalue weighted by Crippen LogP contribution is -2.00. The number of pyridine rings is 2. The predicted molar refractivity (Wildman–Crippen MR) is 120 cm³/mol. The van der Waals surface area contributed by atoms with Crippen LogP contribution < -0.4 is 4.74 Å². The molecule has 0 atom stereocenters. The molecular weight excluding hydrogens is 396 g/mol. The summed E-state index contributed by atoms with van der Waals surface area (Å²) >= 11 is 5.92. The highest BCUT2D eigenvalue weighted by Crippen LogP contribution is 2.32. The number of imidazole rings is 1. The molecule has 5 nitrogen and oxygen atoms in total. The summed E-state index contributed by atoms with van der Waals surface area (Å²) in [5.74, 6) is 1.68. The quantitative estimate of drug-likeness (QED) is 0.390. The van der Waals surface area contributed by atoms with E-state index in [0.29, 0.717) is 11.8 Å². The molecule has 0 radical (unpaired) electrons. The van der Waals surface area contributed by atoms with E-state index in [1.54, 1.807) is 12.3 Å². The van der Waals surface area contributed by atoms with Crippen LogP contribution >= 0.6 is 11.6 Å². The van der Waals surface area contributed by atoms with Crippen LogP contribution in [0.3, 0.4) is 0 Å². The molecule has 0 amide bonds. The van der Waals surface area contributed by atoms with E-state index in [2.05, 4.69) is 33.6 Å². The monoisotopic (exact) mass is 418 g/mol. The van der Waals surface area contributed by atoms with Crippen molar-refractivity contribution in [1.29, 1.82) is 0 Å². The Hall–Kier alpha value is -3.18. The first-order valence-corrected chi connectivity index (χ1v) is 10.1.